The molecule has 140 valence electrons. The number of aromatic nitrogens is 2. The molecule has 2 aromatic heterocycles. The Bertz CT molecular complexity index is 725. The Balaban J connectivity index is 1.56. The topological polar surface area (TPSA) is 80.9 Å². The van der Waals surface area contributed by atoms with Crippen LogP contribution < -0.4 is 4.74 Å². The van der Waals surface area contributed by atoms with Crippen LogP contribution in [0.25, 0.3) is 0 Å². The first-order chi connectivity index (χ1) is 12.7. The molecule has 0 atom stereocenters. The van der Waals surface area contributed by atoms with Gasteiger partial charge in [0.05, 0.1) is 12.3 Å². The van der Waals surface area contributed by atoms with Crippen LogP contribution in [0.3, 0.4) is 0 Å². The molecule has 2 aromatic rings. The summed E-state index contributed by atoms with van der Waals surface area (Å²) in [5.41, 5.74) is 1.41. The van der Waals surface area contributed by atoms with Gasteiger partial charge in [0, 0.05) is 52.1 Å². The lowest BCUT2D eigenvalue weighted by molar-refractivity contribution is 0.0618. The van der Waals surface area contributed by atoms with Gasteiger partial charge in [-0.3, -0.25) is 9.69 Å². The third-order valence-corrected chi connectivity index (χ3v) is 4.25. The molecule has 26 heavy (non-hydrogen) atoms. The fourth-order valence-electron chi connectivity index (χ4n) is 2.89. The molecule has 8 heteroatoms. The molecule has 0 saturated carbocycles. The highest BCUT2D eigenvalue weighted by Crippen LogP contribution is 2.18. The molecule has 0 aliphatic carbocycles. The molecule has 0 unspecified atom stereocenters. The normalized spacial score (nSPS) is 15.2. The van der Waals surface area contributed by atoms with Crippen molar-refractivity contribution >= 4 is 5.91 Å². The second-order valence-electron chi connectivity index (χ2n) is 6.19. The van der Waals surface area contributed by atoms with Crippen molar-refractivity contribution in [3.05, 3.63) is 41.4 Å². The highest BCUT2D eigenvalue weighted by atomic mass is 16.5. The van der Waals surface area contributed by atoms with Crippen LogP contribution >= 0.6 is 0 Å². The van der Waals surface area contributed by atoms with Crippen LogP contribution in [0.2, 0.25) is 0 Å². The molecular weight excluding hydrogens is 336 g/mol. The van der Waals surface area contributed by atoms with Crippen molar-refractivity contribution < 1.29 is 18.8 Å². The van der Waals surface area contributed by atoms with E-state index in [2.05, 4.69) is 15.0 Å². The van der Waals surface area contributed by atoms with Crippen LogP contribution in [0.5, 0.6) is 5.88 Å². The number of hydrogen-bond acceptors (Lipinski definition) is 7. The number of carbonyl (C=O) groups excluding carboxylic acids is 1. The summed E-state index contributed by atoms with van der Waals surface area (Å²) in [7, 11) is 1.60. The first kappa shape index (κ1) is 18.3. The second kappa shape index (κ2) is 8.77. The molecule has 0 bridgehead atoms. The summed E-state index contributed by atoms with van der Waals surface area (Å²) in [5, 5.41) is 4.03. The molecule has 0 spiro atoms. The highest BCUT2D eigenvalue weighted by molar-refractivity contribution is 5.96. The van der Waals surface area contributed by atoms with Crippen molar-refractivity contribution in [2.75, 3.05) is 46.5 Å². The Morgan fingerprint density at radius 2 is 2.08 bits per heavy atom. The van der Waals surface area contributed by atoms with Gasteiger partial charge < -0.3 is 18.9 Å². The Hall–Kier alpha value is -2.45. The van der Waals surface area contributed by atoms with E-state index in [-0.39, 0.29) is 5.91 Å². The Labute approximate surface area is 152 Å². The van der Waals surface area contributed by atoms with E-state index in [1.165, 1.54) is 0 Å². The van der Waals surface area contributed by atoms with Crippen molar-refractivity contribution in [2.24, 2.45) is 0 Å². The van der Waals surface area contributed by atoms with E-state index in [1.54, 1.807) is 25.4 Å². The van der Waals surface area contributed by atoms with Crippen LogP contribution in [0.1, 0.15) is 21.8 Å². The molecule has 1 aliphatic rings. The molecule has 1 amide bonds. The van der Waals surface area contributed by atoms with Gasteiger partial charge >= 0.3 is 0 Å². The van der Waals surface area contributed by atoms with Crippen molar-refractivity contribution in [1.82, 2.24) is 19.9 Å². The zero-order valence-electron chi connectivity index (χ0n) is 15.2. The van der Waals surface area contributed by atoms with Gasteiger partial charge in [-0.15, -0.1) is 0 Å². The summed E-state index contributed by atoms with van der Waals surface area (Å²) >= 11 is 0. The summed E-state index contributed by atoms with van der Waals surface area (Å²) < 4.78 is 15.7. The number of ether oxygens (including phenoxy) is 2. The molecule has 1 fully saturated rings. The zero-order valence-corrected chi connectivity index (χ0v) is 15.2. The van der Waals surface area contributed by atoms with Crippen LogP contribution in [0.4, 0.5) is 0 Å². The number of rotatable bonds is 7. The van der Waals surface area contributed by atoms with Gasteiger partial charge in [0.25, 0.3) is 5.91 Å². The number of carbonyl (C=O) groups is 1. The van der Waals surface area contributed by atoms with Crippen LogP contribution in [0.15, 0.2) is 28.9 Å². The van der Waals surface area contributed by atoms with E-state index in [9.17, 15) is 4.79 Å². The average Bonchev–Trinajstić information content (AvgIpc) is 3.07. The standard InChI is InChI=1S/C18H24N4O4/c1-14-12-15(20-26-14)13-21-6-8-22(9-7-21)18(23)16-4-3-5-19-17(16)25-11-10-24-2/h3-5,12H,6-11,13H2,1-2H3. The highest BCUT2D eigenvalue weighted by Gasteiger charge is 2.25. The predicted octanol–water partition coefficient (Wildman–Crippen LogP) is 1.36. The maximum atomic E-state index is 12.9. The van der Waals surface area contributed by atoms with Gasteiger partial charge in [-0.1, -0.05) is 5.16 Å². The van der Waals surface area contributed by atoms with Gasteiger partial charge in [0.2, 0.25) is 5.88 Å². The molecule has 8 nitrogen and oxygen atoms in total. The van der Waals surface area contributed by atoms with Crippen molar-refractivity contribution in [3.8, 4) is 5.88 Å². The van der Waals surface area contributed by atoms with E-state index in [0.717, 1.165) is 31.1 Å². The lowest BCUT2D eigenvalue weighted by Crippen LogP contribution is -2.48. The minimum absolute atomic E-state index is 0.0533. The number of methoxy groups -OCH3 is 1. The molecule has 1 saturated heterocycles. The van der Waals surface area contributed by atoms with Crippen molar-refractivity contribution in [1.29, 1.82) is 0 Å². The lowest BCUT2D eigenvalue weighted by Gasteiger charge is -2.34. The zero-order chi connectivity index (χ0) is 18.4. The molecule has 3 rings (SSSR count). The van der Waals surface area contributed by atoms with Crippen molar-refractivity contribution in [3.63, 3.8) is 0 Å². The number of piperazine rings is 1. The SMILES string of the molecule is COCCOc1ncccc1C(=O)N1CCN(Cc2cc(C)on2)CC1. The molecule has 1 aliphatic heterocycles. The summed E-state index contributed by atoms with van der Waals surface area (Å²) in [6.45, 7) is 6.31. The summed E-state index contributed by atoms with van der Waals surface area (Å²) in [6, 6.07) is 5.44. The molecule has 0 radical (unpaired) electrons. The third kappa shape index (κ3) is 4.59. The van der Waals surface area contributed by atoms with E-state index in [1.807, 2.05) is 17.9 Å². The van der Waals surface area contributed by atoms with Gasteiger partial charge in [-0.2, -0.15) is 0 Å². The number of pyridine rings is 1. The van der Waals surface area contributed by atoms with E-state index >= 15 is 0 Å². The number of nitrogens with zero attached hydrogens (tertiary/aromatic N) is 4. The Kier molecular flexibility index (Phi) is 6.19. The van der Waals surface area contributed by atoms with E-state index < -0.39 is 0 Å². The smallest absolute Gasteiger partial charge is 0.259 e. The van der Waals surface area contributed by atoms with Gasteiger partial charge in [-0.05, 0) is 19.1 Å². The number of amides is 1. The summed E-state index contributed by atoms with van der Waals surface area (Å²) in [6.07, 6.45) is 1.62. The quantitative estimate of drug-likeness (QED) is 0.690. The minimum Gasteiger partial charge on any atom is -0.475 e. The maximum Gasteiger partial charge on any atom is 0.259 e. The average molecular weight is 360 g/mol. The van der Waals surface area contributed by atoms with E-state index in [0.29, 0.717) is 37.7 Å². The van der Waals surface area contributed by atoms with Gasteiger partial charge in [-0.25, -0.2) is 4.98 Å². The molecular formula is C18H24N4O4. The Morgan fingerprint density at radius 1 is 1.27 bits per heavy atom. The second-order valence-corrected chi connectivity index (χ2v) is 6.19. The van der Waals surface area contributed by atoms with Gasteiger partial charge in [0.15, 0.2) is 0 Å². The molecule has 3 heterocycles. The Morgan fingerprint density at radius 3 is 2.77 bits per heavy atom. The first-order valence-electron chi connectivity index (χ1n) is 8.68. The first-order valence-corrected chi connectivity index (χ1v) is 8.68. The molecule has 0 aromatic carbocycles. The fourth-order valence-corrected chi connectivity index (χ4v) is 2.89. The lowest BCUT2D eigenvalue weighted by atomic mass is 10.2. The van der Waals surface area contributed by atoms with Gasteiger partial charge in [0.1, 0.15) is 17.9 Å². The number of aryl methyl sites for hydroxylation is 1. The minimum atomic E-state index is -0.0533. The largest absolute Gasteiger partial charge is 0.475 e. The number of hydrogen-bond donors (Lipinski definition) is 0. The van der Waals surface area contributed by atoms with Crippen molar-refractivity contribution in [2.45, 2.75) is 13.5 Å². The monoisotopic (exact) mass is 360 g/mol. The van der Waals surface area contributed by atoms with Crippen LogP contribution in [-0.2, 0) is 11.3 Å². The van der Waals surface area contributed by atoms with Crippen LogP contribution in [-0.4, -0.2) is 72.4 Å². The van der Waals surface area contributed by atoms with Crippen LogP contribution in [0, 0.1) is 6.92 Å². The fraction of sp³-hybridized carbons (Fsp3) is 0.500. The van der Waals surface area contributed by atoms with E-state index in [4.69, 9.17) is 14.0 Å². The summed E-state index contributed by atoms with van der Waals surface area (Å²) in [5.74, 6) is 1.11. The summed E-state index contributed by atoms with van der Waals surface area (Å²) in [4.78, 5) is 21.1. The maximum absolute atomic E-state index is 12.9. The molecule has 0 N–H and O–H groups in total. The third-order valence-electron chi connectivity index (χ3n) is 4.25. The predicted molar refractivity (Wildman–Crippen MR) is 94.0 cm³/mol.